The largest absolute Gasteiger partial charge is 0.481 e. The van der Waals surface area contributed by atoms with E-state index in [1.165, 1.54) is 23.9 Å². The molecule has 1 saturated heterocycles. The van der Waals surface area contributed by atoms with Gasteiger partial charge in [-0.05, 0) is 31.0 Å². The number of benzene rings is 1. The van der Waals surface area contributed by atoms with Crippen molar-refractivity contribution in [2.45, 2.75) is 17.7 Å². The minimum Gasteiger partial charge on any atom is -0.481 e. The first-order valence-corrected chi connectivity index (χ1v) is 7.64. The van der Waals surface area contributed by atoms with Crippen LogP contribution in [0.2, 0.25) is 0 Å². The van der Waals surface area contributed by atoms with Crippen LogP contribution in [0.3, 0.4) is 0 Å². The van der Waals surface area contributed by atoms with E-state index < -0.39 is 11.8 Å². The Labute approximate surface area is 126 Å². The first-order chi connectivity index (χ1) is 9.97. The molecule has 0 radical (unpaired) electrons. The predicted octanol–water partition coefficient (Wildman–Crippen LogP) is 1.82. The number of carboxylic acids is 1. The van der Waals surface area contributed by atoms with Crippen molar-refractivity contribution in [2.75, 3.05) is 24.6 Å². The second-order valence-corrected chi connectivity index (χ2v) is 5.98. The molecule has 0 aromatic heterocycles. The molecule has 1 aliphatic rings. The molecule has 0 unspecified atom stereocenters. The first-order valence-electron chi connectivity index (χ1n) is 6.66. The fraction of sp³-hybridized carbons (Fsp3) is 0.429. The third kappa shape index (κ3) is 4.10. The average Bonchev–Trinajstić information content (AvgIpc) is 2.46. The van der Waals surface area contributed by atoms with Crippen LogP contribution in [0.4, 0.5) is 10.1 Å². The molecule has 0 saturated carbocycles. The smallest absolute Gasteiger partial charge is 0.306 e. The molecule has 5 nitrogen and oxygen atoms in total. The molecule has 2 rings (SSSR count). The standard InChI is InChI=1S/C14H17FN2O3S/c15-10-1-2-12(11(16)7-10)21-8-13(18)17-5-3-9(4-6-17)14(19)20/h1-2,7,9H,3-6,8,16H2,(H,19,20). The summed E-state index contributed by atoms with van der Waals surface area (Å²) < 4.78 is 12.9. The highest BCUT2D eigenvalue weighted by Gasteiger charge is 2.26. The van der Waals surface area contributed by atoms with Gasteiger partial charge in [-0.15, -0.1) is 11.8 Å². The molecule has 1 amide bonds. The van der Waals surface area contributed by atoms with Crippen LogP contribution in [-0.2, 0) is 9.59 Å². The van der Waals surface area contributed by atoms with E-state index >= 15 is 0 Å². The fourth-order valence-electron chi connectivity index (χ4n) is 2.26. The van der Waals surface area contributed by atoms with E-state index in [-0.39, 0.29) is 17.6 Å². The number of halogens is 1. The predicted molar refractivity (Wildman–Crippen MR) is 78.5 cm³/mol. The van der Waals surface area contributed by atoms with E-state index in [2.05, 4.69) is 0 Å². The molecule has 1 aromatic carbocycles. The highest BCUT2D eigenvalue weighted by atomic mass is 32.2. The number of nitrogen functional groups attached to an aromatic ring is 1. The Kier molecular flexibility index (Phi) is 5.06. The van der Waals surface area contributed by atoms with E-state index in [0.29, 0.717) is 36.5 Å². The van der Waals surface area contributed by atoms with Crippen LogP contribution >= 0.6 is 11.8 Å². The number of likely N-dealkylation sites (tertiary alicyclic amines) is 1. The molecule has 0 atom stereocenters. The van der Waals surface area contributed by atoms with Crippen molar-refractivity contribution in [3.05, 3.63) is 24.0 Å². The molecule has 1 aliphatic heterocycles. The van der Waals surface area contributed by atoms with Crippen molar-refractivity contribution < 1.29 is 19.1 Å². The van der Waals surface area contributed by atoms with Gasteiger partial charge in [-0.1, -0.05) is 0 Å². The normalized spacial score (nSPS) is 16.0. The van der Waals surface area contributed by atoms with E-state index in [0.717, 1.165) is 0 Å². The summed E-state index contributed by atoms with van der Waals surface area (Å²) in [5, 5.41) is 8.92. The zero-order valence-corrected chi connectivity index (χ0v) is 12.2. The van der Waals surface area contributed by atoms with Crippen LogP contribution in [0.25, 0.3) is 0 Å². The topological polar surface area (TPSA) is 83.6 Å². The van der Waals surface area contributed by atoms with Crippen LogP contribution in [0.15, 0.2) is 23.1 Å². The quantitative estimate of drug-likeness (QED) is 0.654. The highest BCUT2D eigenvalue weighted by Crippen LogP contribution is 2.26. The summed E-state index contributed by atoms with van der Waals surface area (Å²) in [6, 6.07) is 4.09. The molecule has 114 valence electrons. The number of aliphatic carboxylic acids is 1. The Morgan fingerprint density at radius 1 is 1.38 bits per heavy atom. The summed E-state index contributed by atoms with van der Waals surface area (Å²) in [4.78, 5) is 25.3. The van der Waals surface area contributed by atoms with Crippen molar-refractivity contribution in [3.63, 3.8) is 0 Å². The summed E-state index contributed by atoms with van der Waals surface area (Å²) in [5.74, 6) is -1.38. The van der Waals surface area contributed by atoms with Gasteiger partial charge in [0.15, 0.2) is 0 Å². The number of carbonyl (C=O) groups is 2. The number of carboxylic acid groups (broad SMARTS) is 1. The maximum absolute atomic E-state index is 12.9. The third-order valence-electron chi connectivity index (χ3n) is 3.52. The number of hydrogen-bond donors (Lipinski definition) is 2. The molecular formula is C14H17FN2O3S. The van der Waals surface area contributed by atoms with Gasteiger partial charge in [0.25, 0.3) is 0 Å². The van der Waals surface area contributed by atoms with Gasteiger partial charge in [0.2, 0.25) is 5.91 Å². The Hall–Kier alpha value is -1.76. The van der Waals surface area contributed by atoms with Gasteiger partial charge in [0.1, 0.15) is 5.82 Å². The lowest BCUT2D eigenvalue weighted by atomic mass is 9.97. The number of piperidine rings is 1. The van der Waals surface area contributed by atoms with Crippen LogP contribution in [0.5, 0.6) is 0 Å². The van der Waals surface area contributed by atoms with Crippen molar-refractivity contribution in [1.82, 2.24) is 4.90 Å². The monoisotopic (exact) mass is 312 g/mol. The number of amides is 1. The van der Waals surface area contributed by atoms with Gasteiger partial charge in [-0.2, -0.15) is 0 Å². The summed E-state index contributed by atoms with van der Waals surface area (Å²) >= 11 is 1.27. The number of thioether (sulfide) groups is 1. The van der Waals surface area contributed by atoms with Crippen molar-refractivity contribution in [2.24, 2.45) is 5.92 Å². The molecule has 0 aliphatic carbocycles. The highest BCUT2D eigenvalue weighted by molar-refractivity contribution is 8.00. The molecule has 21 heavy (non-hydrogen) atoms. The average molecular weight is 312 g/mol. The first kappa shape index (κ1) is 15.6. The van der Waals surface area contributed by atoms with Gasteiger partial charge in [0.05, 0.1) is 11.7 Å². The van der Waals surface area contributed by atoms with Gasteiger partial charge in [0, 0.05) is 23.7 Å². The molecule has 1 aromatic rings. The maximum Gasteiger partial charge on any atom is 0.306 e. The minimum absolute atomic E-state index is 0.0486. The lowest BCUT2D eigenvalue weighted by molar-refractivity contribution is -0.145. The summed E-state index contributed by atoms with van der Waals surface area (Å²) in [5.41, 5.74) is 6.00. The number of rotatable bonds is 4. The lowest BCUT2D eigenvalue weighted by Gasteiger charge is -2.30. The van der Waals surface area contributed by atoms with Crippen molar-refractivity contribution in [3.8, 4) is 0 Å². The number of hydrogen-bond acceptors (Lipinski definition) is 4. The Morgan fingerprint density at radius 3 is 2.62 bits per heavy atom. The maximum atomic E-state index is 12.9. The fourth-order valence-corrected chi connectivity index (χ4v) is 3.11. The Bertz CT molecular complexity index is 545. The summed E-state index contributed by atoms with van der Waals surface area (Å²) in [6.45, 7) is 0.935. The van der Waals surface area contributed by atoms with Crippen LogP contribution in [-0.4, -0.2) is 40.7 Å². The van der Waals surface area contributed by atoms with Crippen LogP contribution in [0.1, 0.15) is 12.8 Å². The van der Waals surface area contributed by atoms with Gasteiger partial charge < -0.3 is 15.7 Å². The number of carbonyl (C=O) groups excluding carboxylic acids is 1. The van der Waals surface area contributed by atoms with Gasteiger partial charge >= 0.3 is 5.97 Å². The third-order valence-corrected chi connectivity index (χ3v) is 4.59. The molecule has 1 heterocycles. The Balaban J connectivity index is 1.84. The van der Waals surface area contributed by atoms with E-state index in [1.54, 1.807) is 11.0 Å². The zero-order chi connectivity index (χ0) is 15.4. The molecule has 0 spiro atoms. The van der Waals surface area contributed by atoms with E-state index in [1.807, 2.05) is 0 Å². The Morgan fingerprint density at radius 2 is 2.05 bits per heavy atom. The SMILES string of the molecule is Nc1cc(F)ccc1SCC(=O)N1CCC(C(=O)O)CC1. The van der Waals surface area contributed by atoms with Crippen LogP contribution < -0.4 is 5.73 Å². The molecule has 7 heteroatoms. The molecular weight excluding hydrogens is 295 g/mol. The molecule has 1 fully saturated rings. The lowest BCUT2D eigenvalue weighted by Crippen LogP contribution is -2.41. The van der Waals surface area contributed by atoms with Crippen molar-refractivity contribution in [1.29, 1.82) is 0 Å². The van der Waals surface area contributed by atoms with Crippen molar-refractivity contribution >= 4 is 29.3 Å². The summed E-state index contributed by atoms with van der Waals surface area (Å²) in [7, 11) is 0. The van der Waals surface area contributed by atoms with E-state index in [4.69, 9.17) is 10.8 Å². The van der Waals surface area contributed by atoms with Gasteiger partial charge in [-0.3, -0.25) is 9.59 Å². The molecule has 3 N–H and O–H groups in total. The minimum atomic E-state index is -0.796. The number of nitrogens with two attached hydrogens (primary N) is 1. The summed E-state index contributed by atoms with van der Waals surface area (Å²) in [6.07, 6.45) is 0.981. The van der Waals surface area contributed by atoms with Gasteiger partial charge in [-0.25, -0.2) is 4.39 Å². The zero-order valence-electron chi connectivity index (χ0n) is 11.4. The second-order valence-electron chi connectivity index (χ2n) is 4.96. The number of anilines is 1. The van der Waals surface area contributed by atoms with E-state index in [9.17, 15) is 14.0 Å². The molecule has 0 bridgehead atoms. The number of nitrogens with zero attached hydrogens (tertiary/aromatic N) is 1. The second kappa shape index (κ2) is 6.80. The van der Waals surface area contributed by atoms with Crippen LogP contribution in [0, 0.1) is 11.7 Å².